The molecule has 2 aromatic rings. The van der Waals surface area contributed by atoms with Crippen molar-refractivity contribution in [2.45, 2.75) is 68.4 Å². The van der Waals surface area contributed by atoms with Crippen molar-refractivity contribution < 1.29 is 31.2 Å². The Morgan fingerprint density at radius 1 is 1.06 bits per heavy atom. The molecule has 0 heterocycles. The van der Waals surface area contributed by atoms with Crippen molar-refractivity contribution in [3.63, 3.8) is 0 Å². The van der Waals surface area contributed by atoms with Gasteiger partial charge in [0.2, 0.25) is 9.84 Å². The summed E-state index contributed by atoms with van der Waals surface area (Å²) in [5, 5.41) is 12.7. The Kier molecular flexibility index (Phi) is 7.33. The predicted molar refractivity (Wildman–Crippen MR) is 120 cm³/mol. The van der Waals surface area contributed by atoms with Crippen molar-refractivity contribution in [2.75, 3.05) is 0 Å². The van der Waals surface area contributed by atoms with Crippen LogP contribution in [0.15, 0.2) is 57.4 Å². The molecule has 2 rings (SSSR count). The molecule has 0 atom stereocenters. The van der Waals surface area contributed by atoms with Gasteiger partial charge in [-0.15, -0.1) is 0 Å². The third-order valence-electron chi connectivity index (χ3n) is 5.57. The topological polar surface area (TPSA) is 76.0 Å². The average molecular weight is 488 g/mol. The number of benzene rings is 2. The number of nitrogens with zero attached hydrogens (tertiary/aromatic N) is 1. The Bertz CT molecular complexity index is 1100. The van der Waals surface area contributed by atoms with E-state index in [4.69, 9.17) is 4.53 Å². The molecular weight excluding hydrogens is 459 g/mol. The number of sulfone groups is 1. The van der Waals surface area contributed by atoms with Crippen molar-refractivity contribution in [1.29, 1.82) is 0 Å². The highest BCUT2D eigenvalue weighted by Crippen LogP contribution is 2.37. The van der Waals surface area contributed by atoms with Crippen LogP contribution in [0.5, 0.6) is 0 Å². The third kappa shape index (κ3) is 5.60. The Morgan fingerprint density at radius 3 is 2.09 bits per heavy atom. The van der Waals surface area contributed by atoms with Crippen molar-refractivity contribution in [3.8, 4) is 0 Å². The standard InChI is InChI=1S/C22H28F3NO4SSi/c1-15-7-11-18(12-8-15)31(28,29)19-13-16(9-10-17(19)14-27)20(22(23,24)25)26-30-32(5,6)21(2,3)4/h7-13,27H,14H2,1-6H3/b26-20+. The van der Waals surface area contributed by atoms with E-state index in [2.05, 4.69) is 5.16 Å². The van der Waals surface area contributed by atoms with Gasteiger partial charge in [0.1, 0.15) is 0 Å². The molecule has 0 aromatic heterocycles. The lowest BCUT2D eigenvalue weighted by atomic mass is 10.1. The van der Waals surface area contributed by atoms with Gasteiger partial charge in [0.25, 0.3) is 8.32 Å². The second kappa shape index (κ2) is 8.99. The second-order valence-corrected chi connectivity index (χ2v) is 15.7. The molecule has 0 aliphatic rings. The van der Waals surface area contributed by atoms with E-state index in [-0.39, 0.29) is 15.5 Å². The average Bonchev–Trinajstić information content (AvgIpc) is 2.66. The largest absolute Gasteiger partial charge is 0.454 e. The summed E-state index contributed by atoms with van der Waals surface area (Å²) in [6, 6.07) is 9.05. The summed E-state index contributed by atoms with van der Waals surface area (Å²) in [5.74, 6) is 0. The molecular formula is C22H28F3NO4SSi. The van der Waals surface area contributed by atoms with Crippen LogP contribution in [0.4, 0.5) is 13.2 Å². The molecule has 0 saturated heterocycles. The lowest BCUT2D eigenvalue weighted by molar-refractivity contribution is -0.0599. The van der Waals surface area contributed by atoms with E-state index >= 15 is 0 Å². The van der Waals surface area contributed by atoms with Crippen molar-refractivity contribution in [1.82, 2.24) is 0 Å². The maximum atomic E-state index is 13.9. The molecule has 5 nitrogen and oxygen atoms in total. The van der Waals surface area contributed by atoms with E-state index < -0.39 is 47.1 Å². The van der Waals surface area contributed by atoms with Gasteiger partial charge < -0.3 is 9.63 Å². The first-order valence-corrected chi connectivity index (χ1v) is 14.3. The molecule has 10 heteroatoms. The van der Waals surface area contributed by atoms with Gasteiger partial charge in [-0.05, 0) is 48.8 Å². The van der Waals surface area contributed by atoms with E-state index in [0.717, 1.165) is 23.8 Å². The minimum atomic E-state index is -4.88. The van der Waals surface area contributed by atoms with Crippen LogP contribution in [0.25, 0.3) is 0 Å². The van der Waals surface area contributed by atoms with Gasteiger partial charge in [0.05, 0.1) is 16.4 Å². The van der Waals surface area contributed by atoms with Gasteiger partial charge >= 0.3 is 6.18 Å². The van der Waals surface area contributed by atoms with E-state index in [1.54, 1.807) is 32.2 Å². The fourth-order valence-electron chi connectivity index (χ4n) is 2.49. The number of alkyl halides is 3. The highest BCUT2D eigenvalue weighted by molar-refractivity contribution is 7.91. The van der Waals surface area contributed by atoms with Crippen LogP contribution in [0.2, 0.25) is 18.1 Å². The number of aliphatic hydroxyl groups is 1. The summed E-state index contributed by atoms with van der Waals surface area (Å²) in [6.07, 6.45) is -4.88. The number of hydrogen-bond donors (Lipinski definition) is 1. The fraction of sp³-hybridized carbons (Fsp3) is 0.409. The molecule has 0 saturated carbocycles. The summed E-state index contributed by atoms with van der Waals surface area (Å²) >= 11 is 0. The smallest absolute Gasteiger partial charge is 0.437 e. The zero-order valence-electron chi connectivity index (χ0n) is 18.9. The van der Waals surface area contributed by atoms with Gasteiger partial charge in [0, 0.05) is 5.56 Å². The molecule has 176 valence electrons. The number of hydrogen-bond acceptors (Lipinski definition) is 5. The van der Waals surface area contributed by atoms with E-state index in [1.165, 1.54) is 12.1 Å². The van der Waals surface area contributed by atoms with E-state index in [0.29, 0.717) is 0 Å². The molecule has 0 fully saturated rings. The van der Waals surface area contributed by atoms with Crippen LogP contribution in [0, 0.1) is 6.92 Å². The Morgan fingerprint density at radius 2 is 1.62 bits per heavy atom. The van der Waals surface area contributed by atoms with Crippen molar-refractivity contribution in [2.24, 2.45) is 5.16 Å². The summed E-state index contributed by atoms with van der Waals surface area (Å²) in [7, 11) is -6.83. The molecule has 0 amide bonds. The molecule has 2 aromatic carbocycles. The van der Waals surface area contributed by atoms with Crippen molar-refractivity contribution >= 4 is 23.9 Å². The maximum absolute atomic E-state index is 13.9. The van der Waals surface area contributed by atoms with Gasteiger partial charge in [-0.25, -0.2) is 8.42 Å². The Hall–Kier alpha value is -2.17. The molecule has 0 unspecified atom stereocenters. The van der Waals surface area contributed by atoms with Crippen LogP contribution in [0.1, 0.15) is 37.5 Å². The number of aliphatic hydroxyl groups excluding tert-OH is 1. The highest BCUT2D eigenvalue weighted by atomic mass is 32.2. The van der Waals surface area contributed by atoms with E-state index in [9.17, 15) is 26.7 Å². The third-order valence-corrected chi connectivity index (χ3v) is 11.6. The van der Waals surface area contributed by atoms with Gasteiger partial charge in [0.15, 0.2) is 5.71 Å². The first kappa shape index (κ1) is 26.1. The van der Waals surface area contributed by atoms with Crippen LogP contribution in [0.3, 0.4) is 0 Å². The molecule has 0 bridgehead atoms. The Labute approximate surface area is 188 Å². The second-order valence-electron chi connectivity index (χ2n) is 9.09. The lowest BCUT2D eigenvalue weighted by Crippen LogP contribution is -2.40. The summed E-state index contributed by atoms with van der Waals surface area (Å²) in [4.78, 5) is -0.497. The van der Waals surface area contributed by atoms with Crippen LogP contribution < -0.4 is 0 Å². The zero-order chi connectivity index (χ0) is 24.5. The number of aryl methyl sites for hydroxylation is 1. The SMILES string of the molecule is Cc1ccc(S(=O)(=O)c2cc(/C(=N\O[Si](C)(C)C(C)(C)C)C(F)(F)F)ccc2CO)cc1. The molecule has 0 aliphatic heterocycles. The number of rotatable bonds is 6. The predicted octanol–water partition coefficient (Wildman–Crippen LogP) is 5.61. The van der Waals surface area contributed by atoms with Gasteiger partial charge in [-0.2, -0.15) is 13.2 Å². The summed E-state index contributed by atoms with van der Waals surface area (Å²) in [5.41, 5.74) is -0.971. The van der Waals surface area contributed by atoms with E-state index in [1.807, 2.05) is 20.8 Å². The van der Waals surface area contributed by atoms with Gasteiger partial charge in [-0.3, -0.25) is 0 Å². The van der Waals surface area contributed by atoms with Crippen molar-refractivity contribution in [3.05, 3.63) is 59.2 Å². The maximum Gasteiger partial charge on any atom is 0.437 e. The summed E-state index contributed by atoms with van der Waals surface area (Å²) < 4.78 is 73.3. The fourth-order valence-corrected chi connectivity index (χ4v) is 4.59. The molecule has 32 heavy (non-hydrogen) atoms. The highest BCUT2D eigenvalue weighted by Gasteiger charge is 2.43. The van der Waals surface area contributed by atoms with Crippen LogP contribution in [-0.4, -0.2) is 33.7 Å². The Balaban J connectivity index is 2.66. The van der Waals surface area contributed by atoms with Crippen LogP contribution in [-0.2, 0) is 21.0 Å². The lowest BCUT2D eigenvalue weighted by Gasteiger charge is -2.33. The van der Waals surface area contributed by atoms with Crippen LogP contribution >= 0.6 is 0 Å². The minimum Gasteiger partial charge on any atom is -0.454 e. The molecule has 0 spiro atoms. The van der Waals surface area contributed by atoms with Gasteiger partial charge in [-0.1, -0.05) is 55.8 Å². The first-order valence-electron chi connectivity index (χ1n) is 9.90. The minimum absolute atomic E-state index is 0.0128. The molecule has 0 radical (unpaired) electrons. The summed E-state index contributed by atoms with van der Waals surface area (Å²) in [6.45, 7) is 10.2. The normalized spacial score (nSPS) is 13.9. The number of halogens is 3. The first-order chi connectivity index (χ1) is 14.5. The monoisotopic (exact) mass is 487 g/mol. The quantitative estimate of drug-likeness (QED) is 0.327. The zero-order valence-corrected chi connectivity index (χ0v) is 20.7. The molecule has 0 aliphatic carbocycles. The number of oxime groups is 1. The molecule has 1 N–H and O–H groups in total.